The van der Waals surface area contributed by atoms with Crippen LogP contribution in [-0.2, 0) is 14.9 Å². The molecule has 3 fully saturated rings. The lowest BCUT2D eigenvalue weighted by Gasteiger charge is -2.35. The van der Waals surface area contributed by atoms with Crippen molar-refractivity contribution >= 4 is 16.1 Å². The minimum atomic E-state index is -3.41. The van der Waals surface area contributed by atoms with Crippen LogP contribution in [0.15, 0.2) is 6.20 Å². The molecule has 0 unspecified atom stereocenters. The second-order valence-corrected chi connectivity index (χ2v) is 10.1. The molecule has 3 aliphatic rings. The van der Waals surface area contributed by atoms with Gasteiger partial charge in [-0.3, -0.25) is 9.89 Å². The maximum Gasteiger partial charge on any atom is 0.281 e. The second-order valence-electron chi connectivity index (χ2n) is 8.12. The zero-order chi connectivity index (χ0) is 19.9. The highest BCUT2D eigenvalue weighted by Gasteiger charge is 2.39. The fourth-order valence-electron chi connectivity index (χ4n) is 4.55. The number of hydrogen-bond acceptors (Lipinski definition) is 5. The minimum absolute atomic E-state index is 0.00405. The molecule has 4 heterocycles. The van der Waals surface area contributed by atoms with E-state index in [2.05, 4.69) is 10.2 Å². The zero-order valence-electron chi connectivity index (χ0n) is 16.5. The van der Waals surface area contributed by atoms with Gasteiger partial charge in [0.25, 0.3) is 16.1 Å². The predicted octanol–water partition coefficient (Wildman–Crippen LogP) is 0.789. The molecule has 4 rings (SSSR count). The summed E-state index contributed by atoms with van der Waals surface area (Å²) in [6, 6.07) is 0. The Morgan fingerprint density at radius 3 is 2.46 bits per heavy atom. The van der Waals surface area contributed by atoms with Gasteiger partial charge >= 0.3 is 0 Å². The minimum Gasteiger partial charge on any atom is -0.372 e. The standard InChI is InChI=1S/C18H29N5O4S/c1-13-10-21(11-14(2)27-13)18(24)16-9-19-20-17(16)15-5-8-23(12-15)28(25,26)22-6-3-4-7-22/h9,13-15H,3-8,10-12H2,1-2H3,(H,19,20)/t13-,14-,15+/m1/s1. The van der Waals surface area contributed by atoms with Crippen LogP contribution in [0.2, 0.25) is 0 Å². The van der Waals surface area contributed by atoms with Gasteiger partial charge in [0.1, 0.15) is 0 Å². The molecular formula is C18H29N5O4S. The van der Waals surface area contributed by atoms with Gasteiger partial charge in [-0.1, -0.05) is 0 Å². The molecule has 0 aromatic carbocycles. The molecule has 1 aromatic rings. The molecule has 1 aromatic heterocycles. The van der Waals surface area contributed by atoms with Crippen LogP contribution in [0.1, 0.15) is 55.1 Å². The number of nitrogens with one attached hydrogen (secondary N) is 1. The van der Waals surface area contributed by atoms with Crippen LogP contribution >= 0.6 is 0 Å². The van der Waals surface area contributed by atoms with Crippen LogP contribution in [0.25, 0.3) is 0 Å². The molecule has 28 heavy (non-hydrogen) atoms. The monoisotopic (exact) mass is 411 g/mol. The molecule has 3 aliphatic heterocycles. The number of rotatable bonds is 4. The number of carbonyl (C=O) groups is 1. The van der Waals surface area contributed by atoms with Crippen molar-refractivity contribution in [2.45, 2.75) is 51.2 Å². The van der Waals surface area contributed by atoms with E-state index >= 15 is 0 Å². The average molecular weight is 412 g/mol. The van der Waals surface area contributed by atoms with Crippen LogP contribution in [0, 0.1) is 0 Å². The molecule has 156 valence electrons. The van der Waals surface area contributed by atoms with Crippen molar-refractivity contribution in [3.05, 3.63) is 17.5 Å². The molecule has 1 N–H and O–H groups in total. The third-order valence-corrected chi connectivity index (χ3v) is 7.88. The number of carbonyl (C=O) groups excluding carboxylic acids is 1. The van der Waals surface area contributed by atoms with E-state index in [0.717, 1.165) is 18.5 Å². The van der Waals surface area contributed by atoms with E-state index < -0.39 is 10.2 Å². The van der Waals surface area contributed by atoms with Crippen molar-refractivity contribution < 1.29 is 17.9 Å². The van der Waals surface area contributed by atoms with Gasteiger partial charge in [-0.05, 0) is 33.1 Å². The summed E-state index contributed by atoms with van der Waals surface area (Å²) >= 11 is 0. The average Bonchev–Trinajstić information content (AvgIpc) is 3.41. The maximum absolute atomic E-state index is 13.1. The summed E-state index contributed by atoms with van der Waals surface area (Å²) < 4.78 is 34.5. The highest BCUT2D eigenvalue weighted by atomic mass is 32.2. The molecule has 9 nitrogen and oxygen atoms in total. The zero-order valence-corrected chi connectivity index (χ0v) is 17.3. The maximum atomic E-state index is 13.1. The van der Waals surface area contributed by atoms with Crippen LogP contribution < -0.4 is 0 Å². The Balaban J connectivity index is 1.48. The molecule has 3 atom stereocenters. The smallest absolute Gasteiger partial charge is 0.281 e. The van der Waals surface area contributed by atoms with Crippen LogP contribution in [0.5, 0.6) is 0 Å². The van der Waals surface area contributed by atoms with Crippen molar-refractivity contribution in [3.63, 3.8) is 0 Å². The fourth-order valence-corrected chi connectivity index (χ4v) is 6.30. The Kier molecular flexibility index (Phi) is 5.47. The molecule has 0 aliphatic carbocycles. The molecule has 0 radical (unpaired) electrons. The largest absolute Gasteiger partial charge is 0.372 e. The van der Waals surface area contributed by atoms with Gasteiger partial charge in [-0.2, -0.15) is 22.1 Å². The van der Waals surface area contributed by atoms with Gasteiger partial charge in [-0.15, -0.1) is 0 Å². The Bertz CT molecular complexity index is 810. The number of nitrogens with zero attached hydrogens (tertiary/aromatic N) is 4. The van der Waals surface area contributed by atoms with Crippen molar-refractivity contribution in [1.82, 2.24) is 23.7 Å². The summed E-state index contributed by atoms with van der Waals surface area (Å²) in [6.07, 6.45) is 4.09. The fraction of sp³-hybridized carbons (Fsp3) is 0.778. The van der Waals surface area contributed by atoms with E-state index in [9.17, 15) is 13.2 Å². The lowest BCUT2D eigenvalue weighted by atomic mass is 10.0. The Morgan fingerprint density at radius 2 is 1.79 bits per heavy atom. The van der Waals surface area contributed by atoms with E-state index in [0.29, 0.717) is 51.3 Å². The Morgan fingerprint density at radius 1 is 1.11 bits per heavy atom. The van der Waals surface area contributed by atoms with Gasteiger partial charge < -0.3 is 9.64 Å². The second kappa shape index (κ2) is 7.74. The molecule has 0 spiro atoms. The topological polar surface area (TPSA) is 98.8 Å². The van der Waals surface area contributed by atoms with E-state index in [1.165, 1.54) is 0 Å². The molecule has 0 bridgehead atoms. The van der Waals surface area contributed by atoms with Gasteiger partial charge in [0, 0.05) is 45.2 Å². The lowest BCUT2D eigenvalue weighted by Crippen LogP contribution is -2.48. The van der Waals surface area contributed by atoms with E-state index in [1.54, 1.807) is 19.7 Å². The summed E-state index contributed by atoms with van der Waals surface area (Å²) in [7, 11) is -3.41. The van der Waals surface area contributed by atoms with Crippen LogP contribution in [0.3, 0.4) is 0 Å². The number of aromatic nitrogens is 2. The van der Waals surface area contributed by atoms with Crippen molar-refractivity contribution in [2.24, 2.45) is 0 Å². The first-order valence-electron chi connectivity index (χ1n) is 10.1. The summed E-state index contributed by atoms with van der Waals surface area (Å²) in [6.45, 7) is 7.09. The number of ether oxygens (including phenoxy) is 1. The SMILES string of the molecule is C[C@@H]1CN(C(=O)c2cn[nH]c2[C@H]2CCN(S(=O)(=O)N3CCCC3)C2)C[C@@H](C)O1. The third kappa shape index (κ3) is 3.70. The van der Waals surface area contributed by atoms with Crippen LogP contribution in [-0.4, -0.2) is 89.5 Å². The highest BCUT2D eigenvalue weighted by molar-refractivity contribution is 7.86. The Hall–Kier alpha value is -1.49. The Labute approximate surface area is 166 Å². The highest BCUT2D eigenvalue weighted by Crippen LogP contribution is 2.32. The van der Waals surface area contributed by atoms with Gasteiger partial charge in [0.05, 0.1) is 29.7 Å². The molecule has 0 saturated carbocycles. The molecule has 1 amide bonds. The van der Waals surface area contributed by atoms with Gasteiger partial charge in [0.15, 0.2) is 0 Å². The first-order chi connectivity index (χ1) is 13.4. The lowest BCUT2D eigenvalue weighted by molar-refractivity contribution is -0.0586. The first-order valence-corrected chi connectivity index (χ1v) is 11.5. The normalized spacial score (nSPS) is 30.2. The summed E-state index contributed by atoms with van der Waals surface area (Å²) in [5.41, 5.74) is 1.29. The van der Waals surface area contributed by atoms with E-state index in [4.69, 9.17) is 4.74 Å². The van der Waals surface area contributed by atoms with Gasteiger partial charge in [0.2, 0.25) is 0 Å². The predicted molar refractivity (Wildman–Crippen MR) is 103 cm³/mol. The quantitative estimate of drug-likeness (QED) is 0.790. The number of hydrogen-bond donors (Lipinski definition) is 1. The van der Waals surface area contributed by atoms with Crippen molar-refractivity contribution in [1.29, 1.82) is 0 Å². The first kappa shape index (κ1) is 19.8. The van der Waals surface area contributed by atoms with E-state index in [1.807, 2.05) is 13.8 Å². The third-order valence-electron chi connectivity index (χ3n) is 5.88. The molecular weight excluding hydrogens is 382 g/mol. The molecule has 3 saturated heterocycles. The summed E-state index contributed by atoms with van der Waals surface area (Å²) in [5, 5.41) is 7.07. The number of amides is 1. The number of morpholine rings is 1. The number of H-pyrrole nitrogens is 1. The van der Waals surface area contributed by atoms with Crippen LogP contribution in [0.4, 0.5) is 0 Å². The number of aromatic amines is 1. The van der Waals surface area contributed by atoms with Crippen molar-refractivity contribution in [2.75, 3.05) is 39.3 Å². The summed E-state index contributed by atoms with van der Waals surface area (Å²) in [5.74, 6) is -0.110. The molecule has 10 heteroatoms. The van der Waals surface area contributed by atoms with E-state index in [-0.39, 0.29) is 24.0 Å². The van der Waals surface area contributed by atoms with Crippen molar-refractivity contribution in [3.8, 4) is 0 Å². The van der Waals surface area contributed by atoms with Gasteiger partial charge in [-0.25, -0.2) is 0 Å². The summed E-state index contributed by atoms with van der Waals surface area (Å²) in [4.78, 5) is 14.9.